The van der Waals surface area contributed by atoms with Gasteiger partial charge in [-0.2, -0.15) is 0 Å². The number of hydrogen-bond acceptors (Lipinski definition) is 4. The monoisotopic (exact) mass is 312 g/mol. The fourth-order valence-corrected chi connectivity index (χ4v) is 2.00. The summed E-state index contributed by atoms with van der Waals surface area (Å²) in [4.78, 5) is 8.05. The lowest BCUT2D eigenvalue weighted by Crippen LogP contribution is -1.98. The molecular formula is C11H10BrClN4. The van der Waals surface area contributed by atoms with Crippen LogP contribution in [0.1, 0.15) is 5.56 Å². The van der Waals surface area contributed by atoms with Gasteiger partial charge in [0.2, 0.25) is 0 Å². The molecule has 3 N–H and O–H groups in total. The topological polar surface area (TPSA) is 63.8 Å². The molecule has 2 rings (SSSR count). The van der Waals surface area contributed by atoms with Crippen LogP contribution in [-0.4, -0.2) is 9.97 Å². The third-order valence-electron chi connectivity index (χ3n) is 2.18. The average Bonchev–Trinajstić information content (AvgIpc) is 2.29. The van der Waals surface area contributed by atoms with Gasteiger partial charge in [-0.05, 0) is 40.5 Å². The van der Waals surface area contributed by atoms with Crippen LogP contribution < -0.4 is 11.1 Å². The van der Waals surface area contributed by atoms with Crippen LogP contribution >= 0.6 is 27.5 Å². The summed E-state index contributed by atoms with van der Waals surface area (Å²) in [6.07, 6.45) is 3.06. The molecule has 0 fully saturated rings. The Bertz CT molecular complexity index is 542. The van der Waals surface area contributed by atoms with Crippen molar-refractivity contribution in [3.05, 3.63) is 39.6 Å². The molecule has 0 aliphatic heterocycles. The summed E-state index contributed by atoms with van der Waals surface area (Å²) in [7, 11) is 0. The summed E-state index contributed by atoms with van der Waals surface area (Å²) in [5.74, 6) is 0.997. The molecule has 0 saturated heterocycles. The summed E-state index contributed by atoms with van der Waals surface area (Å²) in [5.41, 5.74) is 7.30. The third kappa shape index (κ3) is 2.87. The van der Waals surface area contributed by atoms with Crippen molar-refractivity contribution in [2.75, 3.05) is 11.1 Å². The zero-order chi connectivity index (χ0) is 12.4. The molecule has 2 aromatic rings. The van der Waals surface area contributed by atoms with Crippen LogP contribution in [0.15, 0.2) is 29.0 Å². The smallest absolute Gasteiger partial charge is 0.149 e. The van der Waals surface area contributed by atoms with E-state index in [-0.39, 0.29) is 0 Å². The van der Waals surface area contributed by atoms with Crippen molar-refractivity contribution in [1.29, 1.82) is 0 Å². The molecule has 88 valence electrons. The Morgan fingerprint density at radius 2 is 2.06 bits per heavy atom. The molecule has 1 heterocycles. The van der Waals surface area contributed by atoms with Crippen LogP contribution in [0.25, 0.3) is 0 Å². The summed E-state index contributed by atoms with van der Waals surface area (Å²) in [6, 6.07) is 3.77. The first-order valence-electron chi connectivity index (χ1n) is 4.86. The standard InChI is InChI=1S/C11H10BrClN4/c1-6-2-7(12)9(3-8(6)13)17-11-5-15-10(14)4-16-11/h2-5H,1H3,(H2,14,15)(H,16,17). The van der Waals surface area contributed by atoms with Gasteiger partial charge in [0, 0.05) is 9.50 Å². The lowest BCUT2D eigenvalue weighted by Gasteiger charge is -2.09. The van der Waals surface area contributed by atoms with E-state index < -0.39 is 0 Å². The number of halogens is 2. The number of benzene rings is 1. The van der Waals surface area contributed by atoms with E-state index in [1.807, 2.05) is 19.1 Å². The number of hydrogen-bond donors (Lipinski definition) is 2. The van der Waals surface area contributed by atoms with Crippen molar-refractivity contribution in [2.24, 2.45) is 0 Å². The molecule has 0 bridgehead atoms. The average molecular weight is 314 g/mol. The molecular weight excluding hydrogens is 304 g/mol. The Labute approximate surface area is 112 Å². The Morgan fingerprint density at radius 3 is 2.71 bits per heavy atom. The minimum absolute atomic E-state index is 0.386. The fourth-order valence-electron chi connectivity index (χ4n) is 1.28. The van der Waals surface area contributed by atoms with Gasteiger partial charge in [-0.15, -0.1) is 0 Å². The van der Waals surface area contributed by atoms with Crippen LogP contribution in [0.5, 0.6) is 0 Å². The molecule has 0 saturated carbocycles. The fraction of sp³-hybridized carbons (Fsp3) is 0.0909. The summed E-state index contributed by atoms with van der Waals surface area (Å²) >= 11 is 9.52. The maximum Gasteiger partial charge on any atom is 0.149 e. The summed E-state index contributed by atoms with van der Waals surface area (Å²) in [5, 5.41) is 3.80. The van der Waals surface area contributed by atoms with E-state index in [4.69, 9.17) is 17.3 Å². The molecule has 0 spiro atoms. The number of nitrogens with zero attached hydrogens (tertiary/aromatic N) is 2. The molecule has 4 nitrogen and oxygen atoms in total. The molecule has 0 atom stereocenters. The van der Waals surface area contributed by atoms with Gasteiger partial charge < -0.3 is 11.1 Å². The molecule has 0 amide bonds. The van der Waals surface area contributed by atoms with Crippen molar-refractivity contribution in [3.63, 3.8) is 0 Å². The van der Waals surface area contributed by atoms with Gasteiger partial charge in [-0.25, -0.2) is 9.97 Å². The van der Waals surface area contributed by atoms with E-state index in [0.717, 1.165) is 15.7 Å². The molecule has 0 aliphatic rings. The molecule has 1 aromatic heterocycles. The molecule has 0 aliphatic carbocycles. The Morgan fingerprint density at radius 1 is 1.29 bits per heavy atom. The predicted octanol–water partition coefficient (Wildman–Crippen LogP) is 3.53. The number of nitrogen functional groups attached to an aromatic ring is 1. The Kier molecular flexibility index (Phi) is 3.49. The second kappa shape index (κ2) is 4.89. The Balaban J connectivity index is 2.30. The van der Waals surface area contributed by atoms with Crippen LogP contribution in [0.3, 0.4) is 0 Å². The van der Waals surface area contributed by atoms with Gasteiger partial charge in [0.1, 0.15) is 11.6 Å². The highest BCUT2D eigenvalue weighted by Crippen LogP contribution is 2.30. The van der Waals surface area contributed by atoms with Crippen molar-refractivity contribution >= 4 is 44.9 Å². The highest BCUT2D eigenvalue weighted by molar-refractivity contribution is 9.10. The van der Waals surface area contributed by atoms with Crippen molar-refractivity contribution in [2.45, 2.75) is 6.92 Å². The van der Waals surface area contributed by atoms with E-state index in [1.165, 1.54) is 6.20 Å². The number of nitrogens with one attached hydrogen (secondary N) is 1. The SMILES string of the molecule is Cc1cc(Br)c(Nc2cnc(N)cn2)cc1Cl. The first-order valence-corrected chi connectivity index (χ1v) is 6.03. The van der Waals surface area contributed by atoms with Gasteiger partial charge >= 0.3 is 0 Å². The number of anilines is 3. The first kappa shape index (κ1) is 12.1. The van der Waals surface area contributed by atoms with Crippen LogP contribution in [0.4, 0.5) is 17.3 Å². The van der Waals surface area contributed by atoms with E-state index in [1.54, 1.807) is 6.20 Å². The normalized spacial score (nSPS) is 10.3. The largest absolute Gasteiger partial charge is 0.382 e. The van der Waals surface area contributed by atoms with Gasteiger partial charge in [0.05, 0.1) is 18.1 Å². The zero-order valence-electron chi connectivity index (χ0n) is 9.04. The van der Waals surface area contributed by atoms with Crippen molar-refractivity contribution in [3.8, 4) is 0 Å². The summed E-state index contributed by atoms with van der Waals surface area (Å²) < 4.78 is 0.915. The summed E-state index contributed by atoms with van der Waals surface area (Å²) in [6.45, 7) is 1.94. The second-order valence-electron chi connectivity index (χ2n) is 3.53. The number of rotatable bonds is 2. The lowest BCUT2D eigenvalue weighted by molar-refractivity contribution is 1.21. The highest BCUT2D eigenvalue weighted by Gasteiger charge is 2.05. The van der Waals surface area contributed by atoms with Gasteiger partial charge in [-0.3, -0.25) is 0 Å². The number of nitrogens with two attached hydrogens (primary N) is 1. The second-order valence-corrected chi connectivity index (χ2v) is 4.79. The molecule has 0 radical (unpaired) electrons. The number of aromatic nitrogens is 2. The third-order valence-corrected chi connectivity index (χ3v) is 3.25. The first-order chi connectivity index (χ1) is 8.06. The molecule has 1 aromatic carbocycles. The lowest BCUT2D eigenvalue weighted by atomic mass is 10.2. The maximum atomic E-state index is 6.06. The molecule has 0 unspecified atom stereocenters. The quantitative estimate of drug-likeness (QED) is 0.890. The predicted molar refractivity (Wildman–Crippen MR) is 73.6 cm³/mol. The highest BCUT2D eigenvalue weighted by atomic mass is 79.9. The minimum atomic E-state index is 0.386. The van der Waals surface area contributed by atoms with E-state index in [0.29, 0.717) is 16.7 Å². The van der Waals surface area contributed by atoms with Crippen molar-refractivity contribution < 1.29 is 0 Å². The van der Waals surface area contributed by atoms with E-state index in [9.17, 15) is 0 Å². The zero-order valence-corrected chi connectivity index (χ0v) is 11.4. The van der Waals surface area contributed by atoms with Gasteiger partial charge in [-0.1, -0.05) is 11.6 Å². The van der Waals surface area contributed by atoms with Crippen LogP contribution in [-0.2, 0) is 0 Å². The molecule has 17 heavy (non-hydrogen) atoms. The van der Waals surface area contributed by atoms with Crippen LogP contribution in [0.2, 0.25) is 5.02 Å². The maximum absolute atomic E-state index is 6.06. The molecule has 6 heteroatoms. The van der Waals surface area contributed by atoms with E-state index in [2.05, 4.69) is 31.2 Å². The van der Waals surface area contributed by atoms with Gasteiger partial charge in [0.15, 0.2) is 0 Å². The van der Waals surface area contributed by atoms with E-state index >= 15 is 0 Å². The minimum Gasteiger partial charge on any atom is -0.382 e. The number of aryl methyl sites for hydroxylation is 1. The van der Waals surface area contributed by atoms with Crippen molar-refractivity contribution in [1.82, 2.24) is 9.97 Å². The van der Waals surface area contributed by atoms with Gasteiger partial charge in [0.25, 0.3) is 0 Å². The van der Waals surface area contributed by atoms with Crippen LogP contribution in [0, 0.1) is 6.92 Å². The Hall–Kier alpha value is -1.33.